The van der Waals surface area contributed by atoms with Gasteiger partial charge in [0.05, 0.1) is 11.0 Å². The van der Waals surface area contributed by atoms with E-state index < -0.39 is 0 Å². The number of hydrogen-bond donors (Lipinski definition) is 2. The Morgan fingerprint density at radius 3 is 2.55 bits per heavy atom. The number of nitrogens with two attached hydrogens (primary N) is 1. The largest absolute Gasteiger partial charge is 0.398 e. The molecule has 3 aromatic rings. The highest BCUT2D eigenvalue weighted by Crippen LogP contribution is 2.28. The Hall–Kier alpha value is -2.49. The Morgan fingerprint density at radius 1 is 1.14 bits per heavy atom. The van der Waals surface area contributed by atoms with E-state index in [0.717, 1.165) is 27.8 Å². The van der Waals surface area contributed by atoms with Crippen LogP contribution in [-0.4, -0.2) is 9.55 Å². The molecular weight excluding hydrogens is 274 g/mol. The first-order chi connectivity index (χ1) is 10.3. The van der Waals surface area contributed by atoms with E-state index in [4.69, 9.17) is 5.73 Å². The number of rotatable bonds is 2. The van der Waals surface area contributed by atoms with Crippen LogP contribution in [0, 0.1) is 5.41 Å². The van der Waals surface area contributed by atoms with Crippen molar-refractivity contribution in [3.8, 4) is 11.1 Å². The third-order valence-electron chi connectivity index (χ3n) is 3.68. The molecule has 0 unspecified atom stereocenters. The summed E-state index contributed by atoms with van der Waals surface area (Å²) in [5, 5.41) is 0. The molecule has 3 rings (SSSR count). The van der Waals surface area contributed by atoms with Crippen molar-refractivity contribution in [2.75, 3.05) is 5.73 Å². The molecule has 0 fully saturated rings. The Kier molecular flexibility index (Phi) is 3.32. The molecule has 114 valence electrons. The average Bonchev–Trinajstić information content (AvgIpc) is 2.73. The molecule has 1 heterocycles. The maximum Gasteiger partial charge on any atom is 0.326 e. The third kappa shape index (κ3) is 2.64. The lowest BCUT2D eigenvalue weighted by Gasteiger charge is -2.18. The lowest BCUT2D eigenvalue weighted by molar-refractivity contribution is 0.344. The van der Waals surface area contributed by atoms with Gasteiger partial charge in [0.25, 0.3) is 0 Å². The summed E-state index contributed by atoms with van der Waals surface area (Å²) in [7, 11) is 0. The molecule has 0 bridgehead atoms. The Balaban J connectivity index is 2.13. The van der Waals surface area contributed by atoms with Gasteiger partial charge in [-0.3, -0.25) is 4.57 Å². The molecule has 0 aliphatic rings. The normalized spacial score (nSPS) is 12.0. The van der Waals surface area contributed by atoms with E-state index >= 15 is 0 Å². The molecule has 0 radical (unpaired) electrons. The minimum atomic E-state index is -0.0666. The van der Waals surface area contributed by atoms with Crippen molar-refractivity contribution in [1.82, 2.24) is 9.55 Å². The first kappa shape index (κ1) is 14.4. The molecule has 22 heavy (non-hydrogen) atoms. The number of anilines is 1. The summed E-state index contributed by atoms with van der Waals surface area (Å²) in [6.45, 7) is 7.05. The van der Waals surface area contributed by atoms with Crippen LogP contribution in [0.2, 0.25) is 0 Å². The van der Waals surface area contributed by atoms with Crippen LogP contribution in [0.4, 0.5) is 5.69 Å². The summed E-state index contributed by atoms with van der Waals surface area (Å²) in [5.41, 5.74) is 10.5. The third-order valence-corrected chi connectivity index (χ3v) is 3.68. The Bertz CT molecular complexity index is 881. The molecule has 2 aromatic carbocycles. The van der Waals surface area contributed by atoms with Gasteiger partial charge in [0, 0.05) is 17.8 Å². The summed E-state index contributed by atoms with van der Waals surface area (Å²) in [6.07, 6.45) is 0. The molecule has 1 aromatic heterocycles. The van der Waals surface area contributed by atoms with Crippen LogP contribution in [-0.2, 0) is 6.54 Å². The van der Waals surface area contributed by atoms with Crippen LogP contribution in [0.1, 0.15) is 20.8 Å². The quantitative estimate of drug-likeness (QED) is 0.709. The first-order valence-electron chi connectivity index (χ1n) is 7.43. The first-order valence-corrected chi connectivity index (χ1v) is 7.43. The van der Waals surface area contributed by atoms with Crippen LogP contribution in [0.15, 0.2) is 47.3 Å². The fourth-order valence-corrected chi connectivity index (χ4v) is 2.72. The predicted molar refractivity (Wildman–Crippen MR) is 91.9 cm³/mol. The van der Waals surface area contributed by atoms with Gasteiger partial charge >= 0.3 is 5.69 Å². The number of aromatic nitrogens is 2. The van der Waals surface area contributed by atoms with E-state index in [9.17, 15) is 4.79 Å². The van der Waals surface area contributed by atoms with Crippen molar-refractivity contribution < 1.29 is 0 Å². The summed E-state index contributed by atoms with van der Waals surface area (Å²) in [4.78, 5) is 15.2. The van der Waals surface area contributed by atoms with Gasteiger partial charge in [-0.25, -0.2) is 4.79 Å². The molecule has 3 N–H and O–H groups in total. The van der Waals surface area contributed by atoms with E-state index in [2.05, 4.69) is 25.8 Å². The van der Waals surface area contributed by atoms with E-state index in [1.54, 1.807) is 4.57 Å². The van der Waals surface area contributed by atoms with Crippen molar-refractivity contribution in [2.24, 2.45) is 5.41 Å². The number of aromatic amines is 1. The summed E-state index contributed by atoms with van der Waals surface area (Å²) in [6, 6.07) is 13.7. The summed E-state index contributed by atoms with van der Waals surface area (Å²) in [5.74, 6) is 0. The van der Waals surface area contributed by atoms with E-state index in [1.165, 1.54) is 0 Å². The summed E-state index contributed by atoms with van der Waals surface area (Å²) >= 11 is 0. The highest BCUT2D eigenvalue weighted by atomic mass is 16.1. The van der Waals surface area contributed by atoms with Gasteiger partial charge < -0.3 is 10.7 Å². The zero-order valence-electron chi connectivity index (χ0n) is 13.2. The van der Waals surface area contributed by atoms with Gasteiger partial charge in [-0.15, -0.1) is 0 Å². The second-order valence-corrected chi connectivity index (χ2v) is 6.90. The molecule has 0 saturated heterocycles. The molecule has 4 heteroatoms. The fraction of sp³-hybridized carbons (Fsp3) is 0.278. The number of hydrogen-bond acceptors (Lipinski definition) is 2. The predicted octanol–water partition coefficient (Wildman–Crippen LogP) is 3.62. The maximum atomic E-state index is 12.2. The number of para-hydroxylation sites is 1. The number of nitrogens with zero attached hydrogens (tertiary/aromatic N) is 1. The van der Waals surface area contributed by atoms with Crippen LogP contribution >= 0.6 is 0 Å². The van der Waals surface area contributed by atoms with E-state index in [1.807, 2.05) is 42.5 Å². The zero-order valence-corrected chi connectivity index (χ0v) is 13.2. The van der Waals surface area contributed by atoms with Gasteiger partial charge in [0.15, 0.2) is 0 Å². The molecule has 0 saturated carbocycles. The SMILES string of the molecule is CC(C)(C)Cn1c(=O)[nH]c2cc(-c3ccccc3N)ccc21. The van der Waals surface area contributed by atoms with Crippen LogP contribution in [0.3, 0.4) is 0 Å². The number of nitrogen functional groups attached to an aromatic ring is 1. The molecule has 0 spiro atoms. The Labute approximate surface area is 129 Å². The Morgan fingerprint density at radius 2 is 1.86 bits per heavy atom. The highest BCUT2D eigenvalue weighted by Gasteiger charge is 2.16. The van der Waals surface area contributed by atoms with Gasteiger partial charge in [0.2, 0.25) is 0 Å². The lowest BCUT2D eigenvalue weighted by atomic mass is 9.97. The monoisotopic (exact) mass is 295 g/mol. The molecule has 0 aliphatic heterocycles. The van der Waals surface area contributed by atoms with Crippen molar-refractivity contribution >= 4 is 16.7 Å². The average molecular weight is 295 g/mol. The maximum absolute atomic E-state index is 12.2. The van der Waals surface area contributed by atoms with Gasteiger partial charge in [0.1, 0.15) is 0 Å². The molecule has 0 amide bonds. The molecule has 0 aliphatic carbocycles. The van der Waals surface area contributed by atoms with Crippen LogP contribution in [0.25, 0.3) is 22.2 Å². The van der Waals surface area contributed by atoms with Crippen LogP contribution < -0.4 is 11.4 Å². The highest BCUT2D eigenvalue weighted by molar-refractivity contribution is 5.85. The number of H-pyrrole nitrogens is 1. The molecule has 0 atom stereocenters. The van der Waals surface area contributed by atoms with Crippen molar-refractivity contribution in [2.45, 2.75) is 27.3 Å². The smallest absolute Gasteiger partial charge is 0.326 e. The number of nitrogens with one attached hydrogen (secondary N) is 1. The zero-order chi connectivity index (χ0) is 15.9. The second-order valence-electron chi connectivity index (χ2n) is 6.90. The number of imidazole rings is 1. The van der Waals surface area contributed by atoms with Crippen LogP contribution in [0.5, 0.6) is 0 Å². The topological polar surface area (TPSA) is 63.8 Å². The fourth-order valence-electron chi connectivity index (χ4n) is 2.72. The van der Waals surface area contributed by atoms with Gasteiger partial charge in [-0.1, -0.05) is 45.0 Å². The molecule has 4 nitrogen and oxygen atoms in total. The molecular formula is C18H21N3O. The number of fused-ring (bicyclic) bond motifs is 1. The van der Waals surface area contributed by atoms with Crippen molar-refractivity contribution in [1.29, 1.82) is 0 Å². The van der Waals surface area contributed by atoms with E-state index in [0.29, 0.717) is 6.54 Å². The minimum Gasteiger partial charge on any atom is -0.398 e. The second kappa shape index (κ2) is 5.05. The van der Waals surface area contributed by atoms with Crippen molar-refractivity contribution in [3.05, 3.63) is 52.9 Å². The minimum absolute atomic E-state index is 0.0431. The van der Waals surface area contributed by atoms with Gasteiger partial charge in [-0.05, 0) is 29.2 Å². The van der Waals surface area contributed by atoms with E-state index in [-0.39, 0.29) is 11.1 Å². The standard InChI is InChI=1S/C18H21N3O/c1-18(2,3)11-21-16-9-8-12(10-15(16)20-17(21)22)13-6-4-5-7-14(13)19/h4-10H,11,19H2,1-3H3,(H,20,22). The summed E-state index contributed by atoms with van der Waals surface area (Å²) < 4.78 is 1.80. The lowest BCUT2D eigenvalue weighted by Crippen LogP contribution is -2.24. The van der Waals surface area contributed by atoms with Gasteiger partial charge in [-0.2, -0.15) is 0 Å². The van der Waals surface area contributed by atoms with Crippen molar-refractivity contribution in [3.63, 3.8) is 0 Å². The number of benzene rings is 2.